The normalized spacial score (nSPS) is 15.1. The van der Waals surface area contributed by atoms with Crippen LogP contribution in [0.15, 0.2) is 59.6 Å². The molecule has 0 atom stereocenters. The Kier molecular flexibility index (Phi) is 5.69. The summed E-state index contributed by atoms with van der Waals surface area (Å²) in [7, 11) is -2.16. The van der Waals surface area contributed by atoms with E-state index in [4.69, 9.17) is 4.74 Å². The van der Waals surface area contributed by atoms with Gasteiger partial charge in [-0.3, -0.25) is 9.78 Å². The summed E-state index contributed by atoms with van der Waals surface area (Å²) in [4.78, 5) is 17.4. The van der Waals surface area contributed by atoms with E-state index >= 15 is 0 Å². The average molecular weight is 426 g/mol. The standard InChI is InChI=1S/C22H23N3O4S/c1-29-20-11-10-17(30(27,28)25-13-3-2-4-14-25)15-19(20)24-22(26)18-9-5-7-16-8-6-12-23-21(16)18/h5-12,15H,2-4,13-14H2,1H3,(H,24,26). The van der Waals surface area contributed by atoms with Crippen molar-refractivity contribution >= 4 is 32.5 Å². The molecule has 4 rings (SSSR count). The zero-order chi connectivity index (χ0) is 21.1. The molecule has 1 saturated heterocycles. The molecule has 2 heterocycles. The van der Waals surface area contributed by atoms with Crippen molar-refractivity contribution in [2.24, 2.45) is 0 Å². The lowest BCUT2D eigenvalue weighted by atomic mass is 10.1. The van der Waals surface area contributed by atoms with Crippen LogP contribution >= 0.6 is 0 Å². The molecule has 1 aliphatic rings. The van der Waals surface area contributed by atoms with Gasteiger partial charge in [-0.15, -0.1) is 0 Å². The fourth-order valence-corrected chi connectivity index (χ4v) is 5.22. The van der Waals surface area contributed by atoms with Crippen molar-refractivity contribution in [1.29, 1.82) is 0 Å². The smallest absolute Gasteiger partial charge is 0.257 e. The van der Waals surface area contributed by atoms with E-state index < -0.39 is 10.0 Å². The fraction of sp³-hybridized carbons (Fsp3) is 0.273. The summed E-state index contributed by atoms with van der Waals surface area (Å²) in [6.07, 6.45) is 4.38. The quantitative estimate of drug-likeness (QED) is 0.674. The van der Waals surface area contributed by atoms with Crippen LogP contribution < -0.4 is 10.1 Å². The minimum atomic E-state index is -3.63. The summed E-state index contributed by atoms with van der Waals surface area (Å²) < 4.78 is 32.9. The predicted molar refractivity (Wildman–Crippen MR) is 115 cm³/mol. The molecule has 0 unspecified atom stereocenters. The van der Waals surface area contributed by atoms with Crippen LogP contribution in [0, 0.1) is 0 Å². The molecule has 0 saturated carbocycles. The van der Waals surface area contributed by atoms with Crippen LogP contribution in [0.2, 0.25) is 0 Å². The van der Waals surface area contributed by atoms with Crippen LogP contribution in [-0.4, -0.2) is 43.8 Å². The van der Waals surface area contributed by atoms with Gasteiger partial charge < -0.3 is 10.1 Å². The molecule has 1 fully saturated rings. The maximum Gasteiger partial charge on any atom is 0.257 e. The first kappa shape index (κ1) is 20.3. The second kappa shape index (κ2) is 8.41. The number of amides is 1. The van der Waals surface area contributed by atoms with E-state index in [0.29, 0.717) is 35.6 Å². The monoisotopic (exact) mass is 425 g/mol. The van der Waals surface area contributed by atoms with Crippen molar-refractivity contribution in [3.8, 4) is 5.75 Å². The number of pyridine rings is 1. The minimum Gasteiger partial charge on any atom is -0.495 e. The number of carbonyl (C=O) groups is 1. The number of fused-ring (bicyclic) bond motifs is 1. The van der Waals surface area contributed by atoms with Crippen molar-refractivity contribution < 1.29 is 17.9 Å². The molecule has 1 N–H and O–H groups in total. The second-order valence-electron chi connectivity index (χ2n) is 7.16. The second-order valence-corrected chi connectivity index (χ2v) is 9.10. The van der Waals surface area contributed by atoms with Gasteiger partial charge in [0.15, 0.2) is 0 Å². The molecule has 0 radical (unpaired) electrons. The molecule has 7 nitrogen and oxygen atoms in total. The Labute approximate surface area is 175 Å². The maximum atomic E-state index is 13.0. The number of ether oxygens (including phenoxy) is 1. The van der Waals surface area contributed by atoms with Gasteiger partial charge in [0.1, 0.15) is 5.75 Å². The number of para-hydroxylation sites is 1. The van der Waals surface area contributed by atoms with Gasteiger partial charge in [-0.2, -0.15) is 4.31 Å². The lowest BCUT2D eigenvalue weighted by molar-refractivity contribution is 0.102. The molecule has 0 spiro atoms. The van der Waals surface area contributed by atoms with Crippen molar-refractivity contribution in [3.63, 3.8) is 0 Å². The van der Waals surface area contributed by atoms with Gasteiger partial charge in [0.2, 0.25) is 10.0 Å². The Morgan fingerprint density at radius 1 is 1.07 bits per heavy atom. The molecule has 1 aliphatic heterocycles. The van der Waals surface area contributed by atoms with Gasteiger partial charge >= 0.3 is 0 Å². The van der Waals surface area contributed by atoms with E-state index in [1.165, 1.54) is 23.5 Å². The third kappa shape index (κ3) is 3.88. The van der Waals surface area contributed by atoms with Crippen molar-refractivity contribution in [2.45, 2.75) is 24.2 Å². The first-order valence-corrected chi connectivity index (χ1v) is 11.3. The lowest BCUT2D eigenvalue weighted by Gasteiger charge is -2.26. The number of hydrogen-bond acceptors (Lipinski definition) is 5. The van der Waals surface area contributed by atoms with Gasteiger partial charge in [0.05, 0.1) is 28.8 Å². The highest BCUT2D eigenvalue weighted by Crippen LogP contribution is 2.30. The number of nitrogens with one attached hydrogen (secondary N) is 1. The summed E-state index contributed by atoms with van der Waals surface area (Å²) in [5, 5.41) is 3.64. The Hall–Kier alpha value is -2.97. The zero-order valence-corrected chi connectivity index (χ0v) is 17.5. The molecule has 30 heavy (non-hydrogen) atoms. The number of anilines is 1. The minimum absolute atomic E-state index is 0.136. The maximum absolute atomic E-state index is 13.0. The molecular weight excluding hydrogens is 402 g/mol. The van der Waals surface area contributed by atoms with Gasteiger partial charge in [0.25, 0.3) is 5.91 Å². The number of methoxy groups -OCH3 is 1. The number of piperidine rings is 1. The van der Waals surface area contributed by atoms with Gasteiger partial charge in [-0.25, -0.2) is 8.42 Å². The van der Waals surface area contributed by atoms with E-state index in [9.17, 15) is 13.2 Å². The molecule has 8 heteroatoms. The summed E-state index contributed by atoms with van der Waals surface area (Å²) in [5.74, 6) is -0.000685. The number of nitrogens with zero attached hydrogens (tertiary/aromatic N) is 2. The SMILES string of the molecule is COc1ccc(S(=O)(=O)N2CCCCC2)cc1NC(=O)c1cccc2cccnc12. The molecule has 0 aliphatic carbocycles. The van der Waals surface area contributed by atoms with Crippen LogP contribution in [0.3, 0.4) is 0 Å². The van der Waals surface area contributed by atoms with Crippen LogP contribution in [0.4, 0.5) is 5.69 Å². The highest BCUT2D eigenvalue weighted by molar-refractivity contribution is 7.89. The number of aromatic nitrogens is 1. The van der Waals surface area contributed by atoms with Crippen LogP contribution in [0.5, 0.6) is 5.75 Å². The highest BCUT2D eigenvalue weighted by atomic mass is 32.2. The summed E-state index contributed by atoms with van der Waals surface area (Å²) in [6.45, 7) is 1.02. The van der Waals surface area contributed by atoms with Crippen molar-refractivity contribution in [3.05, 3.63) is 60.3 Å². The lowest BCUT2D eigenvalue weighted by Crippen LogP contribution is -2.35. The molecule has 3 aromatic rings. The largest absolute Gasteiger partial charge is 0.495 e. The number of carbonyl (C=O) groups excluding carboxylic acids is 1. The van der Waals surface area contributed by atoms with E-state index in [1.54, 1.807) is 24.4 Å². The predicted octanol–water partition coefficient (Wildman–Crippen LogP) is 3.67. The number of rotatable bonds is 5. The van der Waals surface area contributed by atoms with Crippen LogP contribution in [-0.2, 0) is 10.0 Å². The van der Waals surface area contributed by atoms with Gasteiger partial charge in [-0.1, -0.05) is 24.6 Å². The third-order valence-electron chi connectivity index (χ3n) is 5.25. The summed E-state index contributed by atoms with van der Waals surface area (Å²) in [5.41, 5.74) is 1.28. The molecule has 2 aromatic carbocycles. The van der Waals surface area contributed by atoms with Gasteiger partial charge in [0, 0.05) is 24.7 Å². The topological polar surface area (TPSA) is 88.6 Å². The summed E-state index contributed by atoms with van der Waals surface area (Å²) >= 11 is 0. The summed E-state index contributed by atoms with van der Waals surface area (Å²) in [6, 6.07) is 13.6. The van der Waals surface area contributed by atoms with Gasteiger partial charge in [-0.05, 0) is 43.2 Å². The van der Waals surface area contributed by atoms with E-state index in [-0.39, 0.29) is 10.8 Å². The van der Waals surface area contributed by atoms with E-state index in [0.717, 1.165) is 24.6 Å². The Balaban J connectivity index is 1.68. The molecular formula is C22H23N3O4S. The highest BCUT2D eigenvalue weighted by Gasteiger charge is 2.27. The van der Waals surface area contributed by atoms with Crippen molar-refractivity contribution in [1.82, 2.24) is 9.29 Å². The van der Waals surface area contributed by atoms with E-state index in [1.807, 2.05) is 18.2 Å². The first-order chi connectivity index (χ1) is 14.5. The number of sulfonamides is 1. The Bertz CT molecular complexity index is 1180. The Morgan fingerprint density at radius 2 is 1.83 bits per heavy atom. The average Bonchev–Trinajstić information content (AvgIpc) is 2.79. The molecule has 1 amide bonds. The molecule has 156 valence electrons. The fourth-order valence-electron chi connectivity index (χ4n) is 3.68. The molecule has 1 aromatic heterocycles. The Morgan fingerprint density at radius 3 is 2.60 bits per heavy atom. The molecule has 0 bridgehead atoms. The first-order valence-electron chi connectivity index (χ1n) is 9.84. The van der Waals surface area contributed by atoms with Crippen molar-refractivity contribution in [2.75, 3.05) is 25.5 Å². The van der Waals surface area contributed by atoms with Crippen LogP contribution in [0.1, 0.15) is 29.6 Å². The van der Waals surface area contributed by atoms with Crippen LogP contribution in [0.25, 0.3) is 10.9 Å². The number of hydrogen-bond donors (Lipinski definition) is 1. The van der Waals surface area contributed by atoms with E-state index in [2.05, 4.69) is 10.3 Å². The number of benzene rings is 2. The third-order valence-corrected chi connectivity index (χ3v) is 7.14. The zero-order valence-electron chi connectivity index (χ0n) is 16.7.